The van der Waals surface area contributed by atoms with E-state index in [1.165, 1.54) is 12.0 Å². The van der Waals surface area contributed by atoms with Gasteiger partial charge in [-0.3, -0.25) is 13.9 Å². The highest BCUT2D eigenvalue weighted by molar-refractivity contribution is 7.92. The third-order valence-electron chi connectivity index (χ3n) is 4.88. The molecule has 2 rings (SSSR count). The molecule has 0 bridgehead atoms. The number of hydrogen-bond donors (Lipinski definition) is 1. The van der Waals surface area contributed by atoms with Crippen LogP contribution in [-0.2, 0) is 26.2 Å². The van der Waals surface area contributed by atoms with Crippen LogP contribution in [0.5, 0.6) is 5.75 Å². The van der Waals surface area contributed by atoms with Gasteiger partial charge in [-0.05, 0) is 62.7 Å². The van der Waals surface area contributed by atoms with Gasteiger partial charge in [0, 0.05) is 17.6 Å². The average Bonchev–Trinajstić information content (AvgIpc) is 2.74. The lowest BCUT2D eigenvalue weighted by Gasteiger charge is -2.32. The monoisotopic (exact) mass is 495 g/mol. The van der Waals surface area contributed by atoms with Crippen molar-refractivity contribution in [2.75, 3.05) is 24.2 Å². The van der Waals surface area contributed by atoms with Gasteiger partial charge in [0.05, 0.1) is 19.1 Å². The smallest absolute Gasteiger partial charge is 0.244 e. The highest BCUT2D eigenvalue weighted by atomic mass is 35.5. The molecular formula is C23H30ClN3O5S. The van der Waals surface area contributed by atoms with Crippen LogP contribution >= 0.6 is 11.6 Å². The van der Waals surface area contributed by atoms with E-state index >= 15 is 0 Å². The van der Waals surface area contributed by atoms with Crippen LogP contribution in [0.15, 0.2) is 48.5 Å². The van der Waals surface area contributed by atoms with Gasteiger partial charge in [-0.15, -0.1) is 0 Å². The minimum Gasteiger partial charge on any atom is -0.497 e. The van der Waals surface area contributed by atoms with E-state index in [9.17, 15) is 18.0 Å². The van der Waals surface area contributed by atoms with Crippen molar-refractivity contribution in [1.29, 1.82) is 0 Å². The highest BCUT2D eigenvalue weighted by Crippen LogP contribution is 2.22. The fraction of sp³-hybridized carbons (Fsp3) is 0.391. The van der Waals surface area contributed by atoms with E-state index in [1.807, 2.05) is 13.8 Å². The van der Waals surface area contributed by atoms with Crippen LogP contribution in [0.25, 0.3) is 0 Å². The lowest BCUT2D eigenvalue weighted by molar-refractivity contribution is -0.139. The molecule has 0 saturated carbocycles. The first-order chi connectivity index (χ1) is 15.4. The Kier molecular flexibility index (Phi) is 9.13. The minimum absolute atomic E-state index is 0.0896. The number of carbonyl (C=O) groups is 2. The number of anilines is 1. The number of hydrogen-bond acceptors (Lipinski definition) is 5. The van der Waals surface area contributed by atoms with Crippen molar-refractivity contribution < 1.29 is 22.7 Å². The standard InChI is InChI=1S/C23H30ClN3O5S/c1-16(2)25-23(29)17(3)26(14-18-7-6-8-19(24)13-18)22(28)15-27(33(5,30)31)20-9-11-21(32-4)12-10-20/h6-13,16-17H,14-15H2,1-5H3,(H,25,29)/t17-/m1/s1. The lowest BCUT2D eigenvalue weighted by Crippen LogP contribution is -2.52. The van der Waals surface area contributed by atoms with Gasteiger partial charge in [-0.2, -0.15) is 0 Å². The number of sulfonamides is 1. The van der Waals surface area contributed by atoms with Crippen molar-refractivity contribution in [2.45, 2.75) is 39.4 Å². The summed E-state index contributed by atoms with van der Waals surface area (Å²) in [7, 11) is -2.28. The first-order valence-corrected chi connectivity index (χ1v) is 12.6. The number of methoxy groups -OCH3 is 1. The zero-order chi connectivity index (χ0) is 24.8. The van der Waals surface area contributed by atoms with Crippen LogP contribution in [0.2, 0.25) is 5.02 Å². The number of ether oxygens (including phenoxy) is 1. The number of nitrogens with one attached hydrogen (secondary N) is 1. The quantitative estimate of drug-likeness (QED) is 0.546. The summed E-state index contributed by atoms with van der Waals surface area (Å²) in [6.07, 6.45) is 1.03. The van der Waals surface area contributed by atoms with Crippen LogP contribution in [0.1, 0.15) is 26.3 Å². The maximum atomic E-state index is 13.4. The maximum Gasteiger partial charge on any atom is 0.244 e. The molecule has 0 aliphatic rings. The van der Waals surface area contributed by atoms with E-state index in [2.05, 4.69) is 5.32 Å². The lowest BCUT2D eigenvalue weighted by atomic mass is 10.1. The van der Waals surface area contributed by atoms with Crippen molar-refractivity contribution in [3.05, 3.63) is 59.1 Å². The molecule has 2 aromatic rings. The number of benzene rings is 2. The first kappa shape index (κ1) is 26.5. The predicted octanol–water partition coefficient (Wildman–Crippen LogP) is 3.06. The third kappa shape index (κ3) is 7.64. The SMILES string of the molecule is COc1ccc(N(CC(=O)N(Cc2cccc(Cl)c2)[C@H](C)C(=O)NC(C)C)S(C)(=O)=O)cc1. The van der Waals surface area contributed by atoms with Crippen LogP contribution in [-0.4, -0.2) is 57.1 Å². The van der Waals surface area contributed by atoms with E-state index in [4.69, 9.17) is 16.3 Å². The molecule has 0 aliphatic heterocycles. The summed E-state index contributed by atoms with van der Waals surface area (Å²) in [5, 5.41) is 3.29. The largest absolute Gasteiger partial charge is 0.497 e. The molecule has 33 heavy (non-hydrogen) atoms. The molecule has 0 heterocycles. The Morgan fingerprint density at radius 3 is 2.24 bits per heavy atom. The summed E-state index contributed by atoms with van der Waals surface area (Å²) in [6.45, 7) is 4.88. The van der Waals surface area contributed by atoms with E-state index in [0.29, 0.717) is 16.5 Å². The van der Waals surface area contributed by atoms with Gasteiger partial charge in [0.1, 0.15) is 18.3 Å². The molecule has 10 heteroatoms. The molecule has 0 unspecified atom stereocenters. The Labute approximate surface area is 200 Å². The molecule has 180 valence electrons. The van der Waals surface area contributed by atoms with E-state index in [-0.39, 0.29) is 18.5 Å². The van der Waals surface area contributed by atoms with E-state index < -0.39 is 28.5 Å². The molecule has 0 spiro atoms. The Morgan fingerprint density at radius 1 is 1.09 bits per heavy atom. The fourth-order valence-corrected chi connectivity index (χ4v) is 4.24. The normalized spacial score (nSPS) is 12.2. The van der Waals surface area contributed by atoms with Crippen molar-refractivity contribution >= 4 is 39.1 Å². The summed E-state index contributed by atoms with van der Waals surface area (Å²) in [5.74, 6) is -0.307. The molecule has 8 nitrogen and oxygen atoms in total. The minimum atomic E-state index is -3.79. The molecule has 1 atom stereocenters. The molecule has 2 amide bonds. The Balaban J connectivity index is 2.38. The molecular weight excluding hydrogens is 466 g/mol. The fourth-order valence-electron chi connectivity index (χ4n) is 3.18. The molecule has 0 saturated heterocycles. The summed E-state index contributed by atoms with van der Waals surface area (Å²) in [4.78, 5) is 27.5. The second-order valence-corrected chi connectivity index (χ2v) is 10.3. The van der Waals surface area contributed by atoms with Crippen molar-refractivity contribution in [1.82, 2.24) is 10.2 Å². The zero-order valence-corrected chi connectivity index (χ0v) is 21.0. The summed E-state index contributed by atoms with van der Waals surface area (Å²) in [6, 6.07) is 12.3. The van der Waals surface area contributed by atoms with Gasteiger partial charge < -0.3 is 15.0 Å². The Hall–Kier alpha value is -2.78. The zero-order valence-electron chi connectivity index (χ0n) is 19.4. The van der Waals surface area contributed by atoms with Crippen LogP contribution in [0.4, 0.5) is 5.69 Å². The van der Waals surface area contributed by atoms with E-state index in [1.54, 1.807) is 55.5 Å². The van der Waals surface area contributed by atoms with Gasteiger partial charge in [-0.25, -0.2) is 8.42 Å². The topological polar surface area (TPSA) is 96.0 Å². The van der Waals surface area contributed by atoms with Gasteiger partial charge in [0.25, 0.3) is 0 Å². The van der Waals surface area contributed by atoms with Gasteiger partial charge in [-0.1, -0.05) is 23.7 Å². The number of rotatable bonds is 10. The Morgan fingerprint density at radius 2 is 1.73 bits per heavy atom. The maximum absolute atomic E-state index is 13.4. The van der Waals surface area contributed by atoms with Gasteiger partial charge in [0.2, 0.25) is 21.8 Å². The molecule has 0 fully saturated rings. The summed E-state index contributed by atoms with van der Waals surface area (Å²) >= 11 is 6.09. The van der Waals surface area contributed by atoms with Crippen LogP contribution in [0, 0.1) is 0 Å². The average molecular weight is 496 g/mol. The number of halogens is 1. The summed E-state index contributed by atoms with van der Waals surface area (Å²) in [5.41, 5.74) is 1.03. The number of amides is 2. The molecule has 0 aromatic heterocycles. The van der Waals surface area contributed by atoms with Crippen molar-refractivity contribution in [3.8, 4) is 5.75 Å². The second-order valence-electron chi connectivity index (χ2n) is 7.96. The third-order valence-corrected chi connectivity index (χ3v) is 6.26. The molecule has 0 aliphatic carbocycles. The van der Waals surface area contributed by atoms with Crippen LogP contribution in [0.3, 0.4) is 0 Å². The van der Waals surface area contributed by atoms with E-state index in [0.717, 1.165) is 16.1 Å². The van der Waals surface area contributed by atoms with Crippen molar-refractivity contribution in [3.63, 3.8) is 0 Å². The molecule has 0 radical (unpaired) electrons. The molecule has 2 aromatic carbocycles. The number of carbonyl (C=O) groups excluding carboxylic acids is 2. The Bertz CT molecular complexity index is 1070. The summed E-state index contributed by atoms with van der Waals surface area (Å²) < 4.78 is 31.2. The molecule has 1 N–H and O–H groups in total. The van der Waals surface area contributed by atoms with Crippen molar-refractivity contribution in [2.24, 2.45) is 0 Å². The predicted molar refractivity (Wildman–Crippen MR) is 130 cm³/mol. The van der Waals surface area contributed by atoms with Gasteiger partial charge >= 0.3 is 0 Å². The van der Waals surface area contributed by atoms with Gasteiger partial charge in [0.15, 0.2) is 0 Å². The van der Waals surface area contributed by atoms with Crippen LogP contribution < -0.4 is 14.4 Å². The second kappa shape index (κ2) is 11.4. The highest BCUT2D eigenvalue weighted by Gasteiger charge is 2.30. The number of nitrogens with zero attached hydrogens (tertiary/aromatic N) is 2. The first-order valence-electron chi connectivity index (χ1n) is 10.4.